The van der Waals surface area contributed by atoms with E-state index in [2.05, 4.69) is 20.4 Å². The van der Waals surface area contributed by atoms with Crippen LogP contribution in [0.5, 0.6) is 0 Å². The van der Waals surface area contributed by atoms with Gasteiger partial charge in [0.15, 0.2) is 5.69 Å². The fourth-order valence-corrected chi connectivity index (χ4v) is 2.75. The summed E-state index contributed by atoms with van der Waals surface area (Å²) in [6.45, 7) is 5.94. The van der Waals surface area contributed by atoms with Gasteiger partial charge >= 0.3 is 5.63 Å². The molecule has 0 atom stereocenters. The molecule has 0 aromatic carbocycles. The Labute approximate surface area is 128 Å². The molecule has 0 amide bonds. The van der Waals surface area contributed by atoms with Crippen molar-refractivity contribution in [2.24, 2.45) is 17.3 Å². The minimum Gasteiger partial charge on any atom is -0.336 e. The van der Waals surface area contributed by atoms with Crippen LogP contribution in [0.3, 0.4) is 0 Å². The summed E-state index contributed by atoms with van der Waals surface area (Å²) in [5.41, 5.74) is 2.39. The average Bonchev–Trinajstić information content (AvgIpc) is 2.98. The van der Waals surface area contributed by atoms with Gasteiger partial charge in [-0.1, -0.05) is 20.8 Å². The number of rotatable bonds is 2. The van der Waals surface area contributed by atoms with E-state index in [0.717, 1.165) is 25.0 Å². The van der Waals surface area contributed by atoms with Gasteiger partial charge in [0.2, 0.25) is 5.95 Å². The summed E-state index contributed by atoms with van der Waals surface area (Å²) in [6.07, 6.45) is 4.35. The molecule has 118 valence electrons. The molecule has 0 bridgehead atoms. The summed E-state index contributed by atoms with van der Waals surface area (Å²) >= 11 is 0. The quantitative estimate of drug-likeness (QED) is 0.863. The summed E-state index contributed by atoms with van der Waals surface area (Å²) in [5.74, 6) is 0.535. The van der Waals surface area contributed by atoms with Crippen molar-refractivity contribution in [3.05, 3.63) is 27.5 Å². The molecule has 0 fully saturated rings. The smallest absolute Gasteiger partial charge is 0.336 e. The van der Waals surface area contributed by atoms with Crippen LogP contribution in [0.1, 0.15) is 50.7 Å². The molecule has 22 heavy (non-hydrogen) atoms. The number of azo groups is 1. The number of nitrogens with zero attached hydrogens (tertiary/aromatic N) is 4. The summed E-state index contributed by atoms with van der Waals surface area (Å²) in [4.78, 5) is 16.3. The molecule has 0 saturated heterocycles. The predicted molar refractivity (Wildman–Crippen MR) is 82.1 cm³/mol. The van der Waals surface area contributed by atoms with E-state index in [1.165, 1.54) is 12.1 Å². The Kier molecular flexibility index (Phi) is 3.50. The average molecular weight is 303 g/mol. The Hall–Kier alpha value is -2.18. The van der Waals surface area contributed by atoms with Crippen LogP contribution in [0.2, 0.25) is 0 Å². The third-order valence-electron chi connectivity index (χ3n) is 4.02. The highest BCUT2D eigenvalue weighted by Crippen LogP contribution is 2.29. The fraction of sp³-hybridized carbons (Fsp3) is 0.600. The van der Waals surface area contributed by atoms with Crippen LogP contribution in [0.15, 0.2) is 19.5 Å². The van der Waals surface area contributed by atoms with Gasteiger partial charge in [-0.15, -0.1) is 10.2 Å². The number of hydrogen-bond acceptors (Lipinski definition) is 5. The molecular formula is C15H21N5O2. The van der Waals surface area contributed by atoms with Gasteiger partial charge in [-0.2, -0.15) is 0 Å². The number of aryl methyl sites for hydroxylation is 1. The lowest BCUT2D eigenvalue weighted by Gasteiger charge is -2.14. The summed E-state index contributed by atoms with van der Waals surface area (Å²) < 4.78 is 6.82. The highest BCUT2D eigenvalue weighted by atomic mass is 16.5. The lowest BCUT2D eigenvalue weighted by molar-refractivity contribution is 0.370. The monoisotopic (exact) mass is 303 g/mol. The first kappa shape index (κ1) is 14.7. The summed E-state index contributed by atoms with van der Waals surface area (Å²) in [6, 6.07) is 0. The van der Waals surface area contributed by atoms with E-state index in [9.17, 15) is 4.79 Å². The van der Waals surface area contributed by atoms with Crippen molar-refractivity contribution in [2.75, 3.05) is 0 Å². The van der Waals surface area contributed by atoms with E-state index in [1.807, 2.05) is 32.4 Å². The Morgan fingerprint density at radius 2 is 1.95 bits per heavy atom. The maximum Gasteiger partial charge on any atom is 0.384 e. The SMILES string of the molecule is Cn1c(N=Nc2c(C(C)(C)C)[nH]oc2=O)nc2c1CCCC2. The van der Waals surface area contributed by atoms with E-state index in [4.69, 9.17) is 4.52 Å². The molecular weight excluding hydrogens is 282 g/mol. The number of hydrogen-bond donors (Lipinski definition) is 1. The van der Waals surface area contributed by atoms with Gasteiger partial charge in [-0.25, -0.2) is 14.9 Å². The van der Waals surface area contributed by atoms with Crippen molar-refractivity contribution in [1.29, 1.82) is 0 Å². The molecule has 0 spiro atoms. The number of aromatic amines is 1. The first-order chi connectivity index (χ1) is 10.4. The number of imidazole rings is 1. The van der Waals surface area contributed by atoms with Crippen LogP contribution < -0.4 is 5.63 Å². The van der Waals surface area contributed by atoms with Gasteiger partial charge in [-0.05, 0) is 25.7 Å². The van der Waals surface area contributed by atoms with Crippen LogP contribution in [-0.4, -0.2) is 14.7 Å². The van der Waals surface area contributed by atoms with Crippen LogP contribution in [0.4, 0.5) is 11.6 Å². The molecule has 1 aliphatic carbocycles. The molecule has 7 heteroatoms. The van der Waals surface area contributed by atoms with Crippen LogP contribution in [0.25, 0.3) is 0 Å². The second-order valence-corrected chi connectivity index (χ2v) is 6.74. The van der Waals surface area contributed by atoms with E-state index in [1.54, 1.807) is 0 Å². The van der Waals surface area contributed by atoms with Gasteiger partial charge in [0.1, 0.15) is 0 Å². The van der Waals surface area contributed by atoms with Crippen LogP contribution >= 0.6 is 0 Å². The minimum absolute atomic E-state index is 0.216. The molecule has 1 aliphatic rings. The molecule has 0 unspecified atom stereocenters. The fourth-order valence-electron chi connectivity index (χ4n) is 2.75. The van der Waals surface area contributed by atoms with E-state index in [-0.39, 0.29) is 11.1 Å². The first-order valence-corrected chi connectivity index (χ1v) is 7.56. The van der Waals surface area contributed by atoms with Crippen molar-refractivity contribution in [2.45, 2.75) is 51.9 Å². The van der Waals surface area contributed by atoms with Crippen molar-refractivity contribution in [3.63, 3.8) is 0 Å². The summed E-state index contributed by atoms with van der Waals surface area (Å²) in [7, 11) is 1.94. The predicted octanol–water partition coefficient (Wildman–Crippen LogP) is 3.29. The molecule has 1 N–H and O–H groups in total. The second kappa shape index (κ2) is 5.23. The molecule has 0 radical (unpaired) electrons. The van der Waals surface area contributed by atoms with Gasteiger partial charge in [-0.3, -0.25) is 0 Å². The number of fused-ring (bicyclic) bond motifs is 1. The molecule has 2 aromatic rings. The Balaban J connectivity index is 1.98. The van der Waals surface area contributed by atoms with Gasteiger partial charge in [0.25, 0.3) is 0 Å². The molecule has 7 nitrogen and oxygen atoms in total. The summed E-state index contributed by atoms with van der Waals surface area (Å²) in [5, 5.41) is 10.9. The van der Waals surface area contributed by atoms with Crippen molar-refractivity contribution in [3.8, 4) is 0 Å². The topological polar surface area (TPSA) is 88.5 Å². The first-order valence-electron chi connectivity index (χ1n) is 7.56. The Morgan fingerprint density at radius 1 is 1.23 bits per heavy atom. The lowest BCUT2D eigenvalue weighted by atomic mass is 9.91. The number of aromatic nitrogens is 3. The normalized spacial score (nSPS) is 15.5. The van der Waals surface area contributed by atoms with E-state index in [0.29, 0.717) is 11.6 Å². The standard InChI is InChI=1S/C15H21N5O2/c1-15(2,3)12-11(13(21)22-19-12)17-18-14-16-9-7-5-6-8-10(9)20(14)4/h19H,5-8H2,1-4H3. The zero-order valence-corrected chi connectivity index (χ0v) is 13.4. The molecule has 2 heterocycles. The number of H-pyrrole nitrogens is 1. The zero-order valence-electron chi connectivity index (χ0n) is 13.4. The Bertz CT molecular complexity index is 773. The van der Waals surface area contributed by atoms with Crippen molar-refractivity contribution >= 4 is 11.6 Å². The van der Waals surface area contributed by atoms with E-state index >= 15 is 0 Å². The van der Waals surface area contributed by atoms with Crippen molar-refractivity contribution in [1.82, 2.24) is 14.7 Å². The largest absolute Gasteiger partial charge is 0.384 e. The highest BCUT2D eigenvalue weighted by molar-refractivity contribution is 5.42. The van der Waals surface area contributed by atoms with Gasteiger partial charge in [0.05, 0.1) is 11.4 Å². The van der Waals surface area contributed by atoms with E-state index < -0.39 is 5.63 Å². The number of nitrogens with one attached hydrogen (secondary N) is 1. The third kappa shape index (κ3) is 2.51. The third-order valence-corrected chi connectivity index (χ3v) is 4.02. The molecule has 0 aliphatic heterocycles. The van der Waals surface area contributed by atoms with Crippen molar-refractivity contribution < 1.29 is 4.52 Å². The maximum absolute atomic E-state index is 11.8. The van der Waals surface area contributed by atoms with Gasteiger partial charge in [0, 0.05) is 18.2 Å². The maximum atomic E-state index is 11.8. The van der Waals surface area contributed by atoms with Gasteiger partial charge < -0.3 is 9.09 Å². The zero-order chi connectivity index (χ0) is 15.9. The molecule has 0 saturated carbocycles. The molecule has 3 rings (SSSR count). The van der Waals surface area contributed by atoms with Crippen LogP contribution in [0, 0.1) is 0 Å². The lowest BCUT2D eigenvalue weighted by Crippen LogP contribution is -2.12. The Morgan fingerprint density at radius 3 is 2.64 bits per heavy atom. The van der Waals surface area contributed by atoms with Crippen LogP contribution in [-0.2, 0) is 25.3 Å². The second-order valence-electron chi connectivity index (χ2n) is 6.74. The minimum atomic E-state index is -0.507. The highest BCUT2D eigenvalue weighted by Gasteiger charge is 2.24. The molecule has 2 aromatic heterocycles.